The maximum Gasteiger partial charge on any atom is 0.0953 e. The van der Waals surface area contributed by atoms with Crippen LogP contribution in [-0.4, -0.2) is 24.3 Å². The number of rotatable bonds is 8. The molecule has 0 saturated heterocycles. The Morgan fingerprint density at radius 2 is 2.15 bits per heavy atom. The molecule has 0 aliphatic heterocycles. The molecule has 0 heterocycles. The molecule has 3 heteroatoms. The van der Waals surface area contributed by atoms with Gasteiger partial charge in [-0.15, -0.1) is 0 Å². The first-order valence-electron chi connectivity index (χ1n) is 5.09. The van der Waals surface area contributed by atoms with E-state index in [1.807, 2.05) is 0 Å². The van der Waals surface area contributed by atoms with Gasteiger partial charge in [-0.1, -0.05) is 32.6 Å². The Bertz CT molecular complexity index is 142. The van der Waals surface area contributed by atoms with Crippen molar-refractivity contribution in [2.24, 2.45) is 0 Å². The minimum Gasteiger partial charge on any atom is -0.395 e. The molecule has 0 aromatic rings. The number of nitriles is 1. The topological polar surface area (TPSA) is 56.0 Å². The van der Waals surface area contributed by atoms with Gasteiger partial charge in [-0.25, -0.2) is 0 Å². The van der Waals surface area contributed by atoms with Crippen LogP contribution < -0.4 is 5.32 Å². The van der Waals surface area contributed by atoms with Crippen LogP contribution in [0.3, 0.4) is 0 Å². The molecule has 0 saturated carbocycles. The Kier molecular flexibility index (Phi) is 9.07. The van der Waals surface area contributed by atoms with Gasteiger partial charge >= 0.3 is 0 Å². The van der Waals surface area contributed by atoms with Crippen LogP contribution in [0.4, 0.5) is 0 Å². The van der Waals surface area contributed by atoms with E-state index in [0.717, 1.165) is 12.8 Å². The van der Waals surface area contributed by atoms with Gasteiger partial charge in [0.1, 0.15) is 0 Å². The second-order valence-corrected chi connectivity index (χ2v) is 3.21. The minimum absolute atomic E-state index is 0.0796. The molecule has 1 unspecified atom stereocenters. The lowest BCUT2D eigenvalue weighted by Gasteiger charge is -2.09. The first-order chi connectivity index (χ1) is 6.35. The van der Waals surface area contributed by atoms with Crippen molar-refractivity contribution in [2.45, 2.75) is 45.1 Å². The van der Waals surface area contributed by atoms with E-state index in [4.69, 9.17) is 10.4 Å². The van der Waals surface area contributed by atoms with Crippen LogP contribution in [0, 0.1) is 11.3 Å². The van der Waals surface area contributed by atoms with E-state index in [1.165, 1.54) is 19.3 Å². The zero-order chi connectivity index (χ0) is 9.94. The Labute approximate surface area is 80.8 Å². The van der Waals surface area contributed by atoms with Crippen molar-refractivity contribution < 1.29 is 5.11 Å². The fourth-order valence-corrected chi connectivity index (χ4v) is 1.23. The summed E-state index contributed by atoms with van der Waals surface area (Å²) in [5.41, 5.74) is 0. The molecule has 0 aromatic carbocycles. The third kappa shape index (κ3) is 7.76. The van der Waals surface area contributed by atoms with Gasteiger partial charge < -0.3 is 5.11 Å². The third-order valence-electron chi connectivity index (χ3n) is 2.00. The van der Waals surface area contributed by atoms with Gasteiger partial charge in [0, 0.05) is 6.54 Å². The summed E-state index contributed by atoms with van der Waals surface area (Å²) in [5.74, 6) is 0. The van der Waals surface area contributed by atoms with Gasteiger partial charge in [-0.3, -0.25) is 5.32 Å². The molecule has 2 N–H and O–H groups in total. The first-order valence-corrected chi connectivity index (χ1v) is 5.09. The number of unbranched alkanes of at least 4 members (excludes halogenated alkanes) is 3. The van der Waals surface area contributed by atoms with Gasteiger partial charge in [0.15, 0.2) is 0 Å². The molecular formula is C10H20N2O. The molecule has 0 radical (unpaired) electrons. The fourth-order valence-electron chi connectivity index (χ4n) is 1.23. The minimum atomic E-state index is -0.0796. The van der Waals surface area contributed by atoms with Crippen molar-refractivity contribution in [3.63, 3.8) is 0 Å². The predicted octanol–water partition coefficient (Wildman–Crippen LogP) is 1.43. The summed E-state index contributed by atoms with van der Waals surface area (Å²) >= 11 is 0. The van der Waals surface area contributed by atoms with Gasteiger partial charge in [0.05, 0.1) is 18.7 Å². The highest BCUT2D eigenvalue weighted by Gasteiger charge is 2.04. The highest BCUT2D eigenvalue weighted by molar-refractivity contribution is 4.89. The van der Waals surface area contributed by atoms with Gasteiger partial charge in [-0.05, 0) is 6.42 Å². The Morgan fingerprint density at radius 3 is 2.69 bits per heavy atom. The van der Waals surface area contributed by atoms with Crippen LogP contribution in [0.1, 0.15) is 39.0 Å². The summed E-state index contributed by atoms with van der Waals surface area (Å²) in [6.45, 7) is 2.80. The van der Waals surface area contributed by atoms with Crippen LogP contribution in [0.5, 0.6) is 0 Å². The van der Waals surface area contributed by atoms with Crippen LogP contribution in [0.2, 0.25) is 0 Å². The summed E-state index contributed by atoms with van der Waals surface area (Å²) in [7, 11) is 0. The molecule has 13 heavy (non-hydrogen) atoms. The molecule has 0 aliphatic rings. The average Bonchev–Trinajstić information content (AvgIpc) is 2.17. The van der Waals surface area contributed by atoms with Crippen molar-refractivity contribution in [1.82, 2.24) is 5.32 Å². The molecule has 0 aromatic heterocycles. The van der Waals surface area contributed by atoms with E-state index in [-0.39, 0.29) is 12.6 Å². The SMILES string of the molecule is CCCCCCC(C#N)NCCO. The molecule has 3 nitrogen and oxygen atoms in total. The normalized spacial score (nSPS) is 12.4. The molecule has 0 aliphatic carbocycles. The Hall–Kier alpha value is -0.590. The van der Waals surface area contributed by atoms with Crippen molar-refractivity contribution in [3.05, 3.63) is 0 Å². The molecule has 76 valence electrons. The number of hydrogen-bond donors (Lipinski definition) is 2. The molecule has 0 spiro atoms. The average molecular weight is 184 g/mol. The summed E-state index contributed by atoms with van der Waals surface area (Å²) in [5, 5.41) is 20.2. The van der Waals surface area contributed by atoms with Crippen LogP contribution in [0.15, 0.2) is 0 Å². The monoisotopic (exact) mass is 184 g/mol. The number of aliphatic hydroxyl groups excluding tert-OH is 1. The zero-order valence-corrected chi connectivity index (χ0v) is 8.42. The molecule has 0 bridgehead atoms. The van der Waals surface area contributed by atoms with E-state index in [0.29, 0.717) is 6.54 Å². The molecule has 0 rings (SSSR count). The van der Waals surface area contributed by atoms with Crippen LogP contribution in [-0.2, 0) is 0 Å². The largest absolute Gasteiger partial charge is 0.395 e. The maximum absolute atomic E-state index is 8.72. The maximum atomic E-state index is 8.72. The fraction of sp³-hybridized carbons (Fsp3) is 0.900. The number of nitrogens with one attached hydrogen (secondary N) is 1. The number of hydrogen-bond acceptors (Lipinski definition) is 3. The summed E-state index contributed by atoms with van der Waals surface area (Å²) < 4.78 is 0. The zero-order valence-electron chi connectivity index (χ0n) is 8.42. The highest BCUT2D eigenvalue weighted by atomic mass is 16.3. The van der Waals surface area contributed by atoms with E-state index in [2.05, 4.69) is 18.3 Å². The van der Waals surface area contributed by atoms with E-state index >= 15 is 0 Å². The lowest BCUT2D eigenvalue weighted by Crippen LogP contribution is -2.30. The summed E-state index contributed by atoms with van der Waals surface area (Å²) in [6, 6.07) is 2.11. The quantitative estimate of drug-likeness (QED) is 0.561. The van der Waals surface area contributed by atoms with E-state index in [9.17, 15) is 0 Å². The predicted molar refractivity (Wildman–Crippen MR) is 53.2 cm³/mol. The van der Waals surface area contributed by atoms with E-state index < -0.39 is 0 Å². The number of aliphatic hydroxyl groups is 1. The van der Waals surface area contributed by atoms with Gasteiger partial charge in [-0.2, -0.15) is 5.26 Å². The molecule has 0 amide bonds. The van der Waals surface area contributed by atoms with Crippen molar-refractivity contribution in [3.8, 4) is 6.07 Å². The lowest BCUT2D eigenvalue weighted by molar-refractivity contribution is 0.287. The van der Waals surface area contributed by atoms with Gasteiger partial charge in [0.2, 0.25) is 0 Å². The third-order valence-corrected chi connectivity index (χ3v) is 2.00. The second-order valence-electron chi connectivity index (χ2n) is 3.21. The highest BCUT2D eigenvalue weighted by Crippen LogP contribution is 2.04. The van der Waals surface area contributed by atoms with Crippen molar-refractivity contribution in [1.29, 1.82) is 5.26 Å². The standard InChI is InChI=1S/C10H20N2O/c1-2-3-4-5-6-10(9-11)12-7-8-13/h10,12-13H,2-8H2,1H3. The van der Waals surface area contributed by atoms with Crippen LogP contribution in [0.25, 0.3) is 0 Å². The molecular weight excluding hydrogens is 164 g/mol. The smallest absolute Gasteiger partial charge is 0.0953 e. The second kappa shape index (κ2) is 9.50. The summed E-state index contributed by atoms with van der Waals surface area (Å²) in [6.07, 6.45) is 5.68. The van der Waals surface area contributed by atoms with Crippen molar-refractivity contribution in [2.75, 3.05) is 13.2 Å². The first kappa shape index (κ1) is 12.4. The van der Waals surface area contributed by atoms with Crippen LogP contribution >= 0.6 is 0 Å². The Morgan fingerprint density at radius 1 is 1.38 bits per heavy atom. The summed E-state index contributed by atoms with van der Waals surface area (Å²) in [4.78, 5) is 0. The van der Waals surface area contributed by atoms with Crippen molar-refractivity contribution >= 4 is 0 Å². The number of nitrogens with zero attached hydrogens (tertiary/aromatic N) is 1. The van der Waals surface area contributed by atoms with E-state index in [1.54, 1.807) is 0 Å². The lowest BCUT2D eigenvalue weighted by atomic mass is 10.1. The molecule has 0 fully saturated rings. The molecule has 1 atom stereocenters. The van der Waals surface area contributed by atoms with Gasteiger partial charge in [0.25, 0.3) is 0 Å². The Balaban J connectivity index is 3.32.